The van der Waals surface area contributed by atoms with Gasteiger partial charge in [-0.1, -0.05) is 133 Å². The van der Waals surface area contributed by atoms with Gasteiger partial charge in [-0.2, -0.15) is 0 Å². The SMILES string of the molecule is c1ccc(-c2nc(-c3ccc4ccccc4c3)nc(-c3ccc4c(c3)sc3cc(-n5c6ccccc6c6c7ccccc7ccc65)ccc34)n2)cc1. The molecule has 3 aromatic heterocycles. The van der Waals surface area contributed by atoms with E-state index in [1.807, 2.05) is 29.5 Å². The number of thiophene rings is 1. The van der Waals surface area contributed by atoms with Gasteiger partial charge in [0.2, 0.25) is 0 Å². The average Bonchev–Trinajstić information content (AvgIpc) is 3.76. The lowest BCUT2D eigenvalue weighted by atomic mass is 10.0. The molecule has 0 amide bonds. The van der Waals surface area contributed by atoms with E-state index >= 15 is 0 Å². The minimum absolute atomic E-state index is 0.661. The van der Waals surface area contributed by atoms with Gasteiger partial charge in [0.05, 0.1) is 11.0 Å². The van der Waals surface area contributed by atoms with Crippen LogP contribution in [0.25, 0.3) is 103 Å². The molecule has 5 heteroatoms. The summed E-state index contributed by atoms with van der Waals surface area (Å²) in [4.78, 5) is 15.1. The third-order valence-corrected chi connectivity index (χ3v) is 11.3. The number of nitrogens with zero attached hydrogens (tertiary/aromatic N) is 4. The Kier molecular flexibility index (Phi) is 6.39. The molecule has 0 aliphatic heterocycles. The second kappa shape index (κ2) is 11.4. The first kappa shape index (κ1) is 29.1. The van der Waals surface area contributed by atoms with Crippen LogP contribution < -0.4 is 0 Å². The summed E-state index contributed by atoms with van der Waals surface area (Å²) in [5, 5.41) is 9.93. The third kappa shape index (κ3) is 4.57. The molecule has 0 aliphatic carbocycles. The minimum atomic E-state index is 0.661. The third-order valence-electron chi connectivity index (χ3n) is 10.2. The Bertz CT molecular complexity index is 3190. The van der Waals surface area contributed by atoms with Gasteiger partial charge in [0.25, 0.3) is 0 Å². The standard InChI is InChI=1S/C47H28N4S/c1-2-12-31(13-3-1)45-48-46(33-19-18-29-10-4-5-14-32(29)26-33)50-47(49-45)34-20-23-37-38-24-22-35(28-43(38)52-42(37)27-34)51-40-17-9-8-16-39(40)44-36-15-7-6-11-30(36)21-25-41(44)51/h1-28H. The fourth-order valence-corrected chi connectivity index (χ4v) is 8.92. The maximum atomic E-state index is 5.07. The highest BCUT2D eigenvalue weighted by Gasteiger charge is 2.17. The van der Waals surface area contributed by atoms with Crippen molar-refractivity contribution in [1.82, 2.24) is 19.5 Å². The number of benzene rings is 8. The van der Waals surface area contributed by atoms with E-state index in [1.54, 1.807) is 0 Å². The maximum absolute atomic E-state index is 5.07. The van der Waals surface area contributed by atoms with E-state index in [9.17, 15) is 0 Å². The van der Waals surface area contributed by atoms with Crippen LogP contribution in [0.5, 0.6) is 0 Å². The fourth-order valence-electron chi connectivity index (χ4n) is 7.74. The zero-order chi connectivity index (χ0) is 34.2. The molecule has 0 spiro atoms. The number of hydrogen-bond donors (Lipinski definition) is 0. The summed E-state index contributed by atoms with van der Waals surface area (Å²) in [6.45, 7) is 0. The second-order valence-electron chi connectivity index (χ2n) is 13.3. The molecule has 0 aliphatic rings. The Hall–Kier alpha value is -6.69. The van der Waals surface area contributed by atoms with Gasteiger partial charge in [-0.3, -0.25) is 0 Å². The highest BCUT2D eigenvalue weighted by molar-refractivity contribution is 7.25. The van der Waals surface area contributed by atoms with Crippen molar-refractivity contribution in [2.75, 3.05) is 0 Å². The van der Waals surface area contributed by atoms with E-state index in [0.29, 0.717) is 17.5 Å². The molecule has 11 rings (SSSR count). The zero-order valence-corrected chi connectivity index (χ0v) is 28.7. The van der Waals surface area contributed by atoms with Crippen LogP contribution in [0.1, 0.15) is 0 Å². The van der Waals surface area contributed by atoms with Gasteiger partial charge in [0.1, 0.15) is 0 Å². The van der Waals surface area contributed by atoms with Gasteiger partial charge >= 0.3 is 0 Å². The van der Waals surface area contributed by atoms with Crippen LogP contribution in [-0.2, 0) is 0 Å². The van der Waals surface area contributed by atoms with Gasteiger partial charge in [0.15, 0.2) is 17.5 Å². The summed E-state index contributed by atoms with van der Waals surface area (Å²) in [5.74, 6) is 1.98. The molecule has 0 atom stereocenters. The van der Waals surface area contributed by atoms with Crippen LogP contribution in [0.15, 0.2) is 170 Å². The predicted molar refractivity (Wildman–Crippen MR) is 218 cm³/mol. The predicted octanol–water partition coefficient (Wildman–Crippen LogP) is 12.6. The van der Waals surface area contributed by atoms with Crippen molar-refractivity contribution in [3.05, 3.63) is 170 Å². The first-order valence-corrected chi connectivity index (χ1v) is 18.3. The van der Waals surface area contributed by atoms with Gasteiger partial charge in [0, 0.05) is 53.3 Å². The molecule has 8 aromatic carbocycles. The van der Waals surface area contributed by atoms with E-state index in [1.165, 1.54) is 58.1 Å². The molecule has 0 saturated heterocycles. The van der Waals surface area contributed by atoms with Gasteiger partial charge in [-0.25, -0.2) is 15.0 Å². The van der Waals surface area contributed by atoms with Crippen molar-refractivity contribution >= 4 is 74.9 Å². The first-order chi connectivity index (χ1) is 25.7. The second-order valence-corrected chi connectivity index (χ2v) is 14.3. The summed E-state index contributed by atoms with van der Waals surface area (Å²) >= 11 is 1.81. The molecule has 4 nitrogen and oxygen atoms in total. The highest BCUT2D eigenvalue weighted by atomic mass is 32.1. The molecule has 0 saturated carbocycles. The van der Waals surface area contributed by atoms with Crippen LogP contribution in [0, 0.1) is 0 Å². The van der Waals surface area contributed by atoms with Crippen molar-refractivity contribution in [1.29, 1.82) is 0 Å². The van der Waals surface area contributed by atoms with Crippen molar-refractivity contribution in [2.45, 2.75) is 0 Å². The van der Waals surface area contributed by atoms with E-state index in [-0.39, 0.29) is 0 Å². The van der Waals surface area contributed by atoms with E-state index in [0.717, 1.165) is 27.8 Å². The molecule has 3 heterocycles. The van der Waals surface area contributed by atoms with E-state index < -0.39 is 0 Å². The lowest BCUT2D eigenvalue weighted by Gasteiger charge is -2.09. The summed E-state index contributed by atoms with van der Waals surface area (Å²) in [6, 6.07) is 60.4. The normalized spacial score (nSPS) is 11.8. The van der Waals surface area contributed by atoms with Crippen LogP contribution >= 0.6 is 11.3 Å². The number of aromatic nitrogens is 4. The molecule has 0 radical (unpaired) electrons. The van der Waals surface area contributed by atoms with Crippen molar-refractivity contribution < 1.29 is 0 Å². The minimum Gasteiger partial charge on any atom is -0.309 e. The van der Waals surface area contributed by atoms with Crippen LogP contribution in [0.2, 0.25) is 0 Å². The zero-order valence-electron chi connectivity index (χ0n) is 27.9. The number of hydrogen-bond acceptors (Lipinski definition) is 4. The van der Waals surface area contributed by atoms with Gasteiger partial charge in [-0.05, 0) is 57.9 Å². The number of rotatable bonds is 4. The molecular weight excluding hydrogens is 653 g/mol. The molecule has 0 bridgehead atoms. The lowest BCUT2D eigenvalue weighted by Crippen LogP contribution is -2.00. The Morgan fingerprint density at radius 3 is 1.79 bits per heavy atom. The van der Waals surface area contributed by atoms with Crippen LogP contribution in [0.4, 0.5) is 0 Å². The summed E-state index contributed by atoms with van der Waals surface area (Å²) in [5.41, 5.74) is 6.48. The van der Waals surface area contributed by atoms with Crippen LogP contribution in [-0.4, -0.2) is 19.5 Å². The Labute approximate surface area is 302 Å². The molecule has 11 aromatic rings. The van der Waals surface area contributed by atoms with Gasteiger partial charge < -0.3 is 4.57 Å². The Morgan fingerprint density at radius 2 is 0.962 bits per heavy atom. The topological polar surface area (TPSA) is 43.6 Å². The fraction of sp³-hybridized carbons (Fsp3) is 0. The molecule has 0 fully saturated rings. The average molecular weight is 681 g/mol. The smallest absolute Gasteiger partial charge is 0.164 e. The quantitative estimate of drug-likeness (QED) is 0.186. The van der Waals surface area contributed by atoms with Crippen molar-refractivity contribution in [3.8, 4) is 39.9 Å². The molecular formula is C47H28N4S. The molecule has 242 valence electrons. The summed E-state index contributed by atoms with van der Waals surface area (Å²) in [6.07, 6.45) is 0. The first-order valence-electron chi connectivity index (χ1n) is 17.4. The highest BCUT2D eigenvalue weighted by Crippen LogP contribution is 2.41. The summed E-state index contributed by atoms with van der Waals surface area (Å²) in [7, 11) is 0. The summed E-state index contributed by atoms with van der Waals surface area (Å²) < 4.78 is 4.86. The van der Waals surface area contributed by atoms with Crippen molar-refractivity contribution in [2.24, 2.45) is 0 Å². The largest absolute Gasteiger partial charge is 0.309 e. The molecule has 0 N–H and O–H groups in total. The number of fused-ring (bicyclic) bond motifs is 9. The molecule has 0 unspecified atom stereocenters. The van der Waals surface area contributed by atoms with E-state index in [2.05, 4.69) is 156 Å². The monoisotopic (exact) mass is 680 g/mol. The van der Waals surface area contributed by atoms with Gasteiger partial charge in [-0.15, -0.1) is 11.3 Å². The lowest BCUT2D eigenvalue weighted by molar-refractivity contribution is 1.08. The molecule has 52 heavy (non-hydrogen) atoms. The Balaban J connectivity index is 1.06. The Morgan fingerprint density at radius 1 is 0.365 bits per heavy atom. The number of para-hydroxylation sites is 1. The maximum Gasteiger partial charge on any atom is 0.164 e. The van der Waals surface area contributed by atoms with Crippen molar-refractivity contribution in [3.63, 3.8) is 0 Å². The van der Waals surface area contributed by atoms with Crippen LogP contribution in [0.3, 0.4) is 0 Å². The van der Waals surface area contributed by atoms with E-state index in [4.69, 9.17) is 15.0 Å².